The van der Waals surface area contributed by atoms with Crippen LogP contribution in [0, 0.1) is 0 Å². The Kier molecular flexibility index (Phi) is 6.14. The Morgan fingerprint density at radius 3 is 2.89 bits per heavy atom. The van der Waals surface area contributed by atoms with Gasteiger partial charge in [-0.2, -0.15) is 0 Å². The number of nitrogens with one attached hydrogen (secondary N) is 2. The summed E-state index contributed by atoms with van der Waals surface area (Å²) in [6.07, 6.45) is 2.62. The summed E-state index contributed by atoms with van der Waals surface area (Å²) >= 11 is 0. The van der Waals surface area contributed by atoms with Gasteiger partial charge in [0.15, 0.2) is 0 Å². The molecule has 0 atom stereocenters. The van der Waals surface area contributed by atoms with Gasteiger partial charge in [-0.15, -0.1) is 0 Å². The fourth-order valence-electron chi connectivity index (χ4n) is 1.59. The summed E-state index contributed by atoms with van der Waals surface area (Å²) in [7, 11) is 4.04. The SMILES string of the molecule is CCNc1ncccc1C(=O)NCCCN(C)C. The minimum atomic E-state index is -0.0715. The van der Waals surface area contributed by atoms with Crippen LogP contribution >= 0.6 is 0 Å². The van der Waals surface area contributed by atoms with Gasteiger partial charge < -0.3 is 15.5 Å². The van der Waals surface area contributed by atoms with Crippen molar-refractivity contribution in [3.8, 4) is 0 Å². The fraction of sp³-hybridized carbons (Fsp3) is 0.538. The monoisotopic (exact) mass is 250 g/mol. The van der Waals surface area contributed by atoms with E-state index in [0.717, 1.165) is 19.5 Å². The number of carbonyl (C=O) groups excluding carboxylic acids is 1. The smallest absolute Gasteiger partial charge is 0.255 e. The molecule has 0 aliphatic rings. The van der Waals surface area contributed by atoms with Gasteiger partial charge in [0.1, 0.15) is 5.82 Å². The van der Waals surface area contributed by atoms with Crippen LogP contribution in [0.4, 0.5) is 5.82 Å². The highest BCUT2D eigenvalue weighted by atomic mass is 16.1. The Labute approximate surface area is 109 Å². The van der Waals surface area contributed by atoms with E-state index in [4.69, 9.17) is 0 Å². The van der Waals surface area contributed by atoms with Gasteiger partial charge in [0.25, 0.3) is 5.91 Å². The maximum Gasteiger partial charge on any atom is 0.255 e. The molecule has 100 valence electrons. The first-order valence-electron chi connectivity index (χ1n) is 6.27. The van der Waals surface area contributed by atoms with Crippen LogP contribution in [0.15, 0.2) is 18.3 Å². The molecule has 2 N–H and O–H groups in total. The van der Waals surface area contributed by atoms with E-state index in [1.807, 2.05) is 21.0 Å². The molecule has 0 saturated carbocycles. The van der Waals surface area contributed by atoms with E-state index in [1.165, 1.54) is 0 Å². The summed E-state index contributed by atoms with van der Waals surface area (Å²) in [6.45, 7) is 4.37. The lowest BCUT2D eigenvalue weighted by atomic mass is 10.2. The first-order valence-corrected chi connectivity index (χ1v) is 6.27. The van der Waals surface area contributed by atoms with Crippen molar-refractivity contribution in [1.82, 2.24) is 15.2 Å². The minimum absolute atomic E-state index is 0.0715. The summed E-state index contributed by atoms with van der Waals surface area (Å²) in [5.41, 5.74) is 0.601. The molecule has 0 aliphatic heterocycles. The standard InChI is InChI=1S/C13H22N4O/c1-4-14-12-11(7-5-8-15-12)13(18)16-9-6-10-17(2)3/h5,7-8H,4,6,9-10H2,1-3H3,(H,14,15)(H,16,18). The quantitative estimate of drug-likeness (QED) is 0.714. The van der Waals surface area contributed by atoms with Crippen LogP contribution in [0.2, 0.25) is 0 Å². The summed E-state index contributed by atoms with van der Waals surface area (Å²) < 4.78 is 0. The molecule has 5 nitrogen and oxygen atoms in total. The second-order valence-electron chi connectivity index (χ2n) is 4.34. The first kappa shape index (κ1) is 14.4. The molecule has 0 radical (unpaired) electrons. The number of carbonyl (C=O) groups is 1. The van der Waals surface area contributed by atoms with E-state index in [0.29, 0.717) is 17.9 Å². The van der Waals surface area contributed by atoms with Crippen molar-refractivity contribution in [2.75, 3.05) is 39.0 Å². The molecule has 1 aromatic heterocycles. The average Bonchev–Trinajstić information content (AvgIpc) is 2.35. The molecule has 0 spiro atoms. The fourth-order valence-corrected chi connectivity index (χ4v) is 1.59. The van der Waals surface area contributed by atoms with Gasteiger partial charge in [-0.05, 0) is 46.1 Å². The van der Waals surface area contributed by atoms with Crippen LogP contribution in [0.3, 0.4) is 0 Å². The number of rotatable bonds is 7. The van der Waals surface area contributed by atoms with Crippen LogP contribution < -0.4 is 10.6 Å². The Morgan fingerprint density at radius 2 is 2.22 bits per heavy atom. The highest BCUT2D eigenvalue weighted by molar-refractivity contribution is 5.98. The molecule has 1 aromatic rings. The van der Waals surface area contributed by atoms with Crippen LogP contribution in [0.25, 0.3) is 0 Å². The molecule has 18 heavy (non-hydrogen) atoms. The normalized spacial score (nSPS) is 10.4. The van der Waals surface area contributed by atoms with E-state index in [9.17, 15) is 4.79 Å². The molecule has 0 unspecified atom stereocenters. The summed E-state index contributed by atoms with van der Waals surface area (Å²) in [5.74, 6) is 0.572. The number of hydrogen-bond acceptors (Lipinski definition) is 4. The molecule has 5 heteroatoms. The van der Waals surface area contributed by atoms with Gasteiger partial charge in [-0.1, -0.05) is 0 Å². The molecule has 1 amide bonds. The van der Waals surface area contributed by atoms with E-state index >= 15 is 0 Å². The zero-order chi connectivity index (χ0) is 13.4. The van der Waals surface area contributed by atoms with Crippen LogP contribution in [-0.2, 0) is 0 Å². The van der Waals surface area contributed by atoms with Crippen molar-refractivity contribution in [2.24, 2.45) is 0 Å². The van der Waals surface area contributed by atoms with E-state index < -0.39 is 0 Å². The molecule has 0 saturated heterocycles. The molecular weight excluding hydrogens is 228 g/mol. The second kappa shape index (κ2) is 7.66. The summed E-state index contributed by atoms with van der Waals surface area (Å²) in [6, 6.07) is 3.56. The van der Waals surface area contributed by atoms with Crippen molar-refractivity contribution < 1.29 is 4.79 Å². The van der Waals surface area contributed by atoms with Gasteiger partial charge in [-0.25, -0.2) is 4.98 Å². The van der Waals surface area contributed by atoms with E-state index in [1.54, 1.807) is 18.3 Å². The number of nitrogens with zero attached hydrogens (tertiary/aromatic N) is 2. The molecule has 0 bridgehead atoms. The van der Waals surface area contributed by atoms with Crippen molar-refractivity contribution in [2.45, 2.75) is 13.3 Å². The largest absolute Gasteiger partial charge is 0.370 e. The number of anilines is 1. The lowest BCUT2D eigenvalue weighted by Gasteiger charge is -2.11. The van der Waals surface area contributed by atoms with Crippen molar-refractivity contribution >= 4 is 11.7 Å². The Morgan fingerprint density at radius 1 is 1.44 bits per heavy atom. The molecule has 0 aliphatic carbocycles. The van der Waals surface area contributed by atoms with Crippen LogP contribution in [-0.4, -0.2) is 49.5 Å². The van der Waals surface area contributed by atoms with Gasteiger partial charge in [-0.3, -0.25) is 4.79 Å². The Balaban J connectivity index is 2.50. The number of aromatic nitrogens is 1. The highest BCUT2D eigenvalue weighted by Gasteiger charge is 2.10. The third kappa shape index (κ3) is 4.71. The van der Waals surface area contributed by atoms with Crippen LogP contribution in [0.5, 0.6) is 0 Å². The molecule has 0 aromatic carbocycles. The molecular formula is C13H22N4O. The Bertz CT molecular complexity index is 379. The van der Waals surface area contributed by atoms with Crippen molar-refractivity contribution in [3.63, 3.8) is 0 Å². The predicted molar refractivity (Wildman–Crippen MR) is 73.9 cm³/mol. The molecule has 0 fully saturated rings. The third-order valence-corrected chi connectivity index (χ3v) is 2.46. The predicted octanol–water partition coefficient (Wildman–Crippen LogP) is 1.19. The maximum absolute atomic E-state index is 12.0. The van der Waals surface area contributed by atoms with Crippen molar-refractivity contribution in [1.29, 1.82) is 0 Å². The molecule has 1 rings (SSSR count). The minimum Gasteiger partial charge on any atom is -0.370 e. The zero-order valence-corrected chi connectivity index (χ0v) is 11.4. The van der Waals surface area contributed by atoms with Crippen molar-refractivity contribution in [3.05, 3.63) is 23.9 Å². The first-order chi connectivity index (χ1) is 8.65. The average molecular weight is 250 g/mol. The number of amides is 1. The highest BCUT2D eigenvalue weighted by Crippen LogP contribution is 2.10. The van der Waals surface area contributed by atoms with Gasteiger partial charge in [0.2, 0.25) is 0 Å². The van der Waals surface area contributed by atoms with E-state index in [2.05, 4.69) is 20.5 Å². The summed E-state index contributed by atoms with van der Waals surface area (Å²) in [5, 5.41) is 5.99. The molecule has 1 heterocycles. The van der Waals surface area contributed by atoms with E-state index in [-0.39, 0.29) is 5.91 Å². The lowest BCUT2D eigenvalue weighted by molar-refractivity contribution is 0.0953. The maximum atomic E-state index is 12.0. The van der Waals surface area contributed by atoms with Crippen LogP contribution in [0.1, 0.15) is 23.7 Å². The van der Waals surface area contributed by atoms with Gasteiger partial charge >= 0.3 is 0 Å². The lowest BCUT2D eigenvalue weighted by Crippen LogP contribution is -2.28. The van der Waals surface area contributed by atoms with Gasteiger partial charge in [0.05, 0.1) is 5.56 Å². The third-order valence-electron chi connectivity index (χ3n) is 2.46. The Hall–Kier alpha value is -1.62. The second-order valence-corrected chi connectivity index (χ2v) is 4.34. The summed E-state index contributed by atoms with van der Waals surface area (Å²) in [4.78, 5) is 18.2. The topological polar surface area (TPSA) is 57.3 Å². The number of pyridine rings is 1. The number of hydrogen-bond donors (Lipinski definition) is 2. The van der Waals surface area contributed by atoms with Gasteiger partial charge in [0, 0.05) is 19.3 Å². The zero-order valence-electron chi connectivity index (χ0n) is 11.4.